The van der Waals surface area contributed by atoms with Crippen molar-refractivity contribution >= 4 is 21.5 Å². The summed E-state index contributed by atoms with van der Waals surface area (Å²) in [6.45, 7) is 9.46. The number of nitrogens with zero attached hydrogens (tertiary/aromatic N) is 1. The fourth-order valence-electron chi connectivity index (χ4n) is 10.9. The Morgan fingerprint density at radius 2 is 0.726 bits per heavy atom. The van der Waals surface area contributed by atoms with Crippen LogP contribution in [0.2, 0.25) is 0 Å². The lowest BCUT2D eigenvalue weighted by Crippen LogP contribution is -2.14. The summed E-state index contributed by atoms with van der Waals surface area (Å²) in [7, 11) is 0. The van der Waals surface area contributed by atoms with Crippen molar-refractivity contribution in [3.63, 3.8) is 0 Å². The Balaban J connectivity index is 1.15. The van der Waals surface area contributed by atoms with Crippen molar-refractivity contribution in [3.05, 3.63) is 222 Å². The van der Waals surface area contributed by atoms with Crippen LogP contribution in [-0.2, 0) is 10.8 Å². The standard InChI is InChI=1S/C61H45N/c1-60(2)53-26-16-14-22-45(53)50-34-42(29-32-54(50)60)58-47-23-11-12-24-48(47)59(43-36-56(38-17-7-5-8-18-38)62-57(37-43)39-19-9-6-10-20-39)49-31-28-40(33-51(49)58)41-27-30-46-44-21-13-15-25-52(44)61(3,4)55(46)35-41/h5-37H,1-4H3. The van der Waals surface area contributed by atoms with E-state index in [4.69, 9.17) is 4.98 Å². The Labute approximate surface area is 364 Å². The molecule has 2 aliphatic carbocycles. The highest BCUT2D eigenvalue weighted by atomic mass is 14.7. The Kier molecular flexibility index (Phi) is 7.99. The first-order chi connectivity index (χ1) is 30.3. The van der Waals surface area contributed by atoms with Gasteiger partial charge in [0, 0.05) is 22.0 Å². The zero-order valence-corrected chi connectivity index (χ0v) is 35.5. The quantitative estimate of drug-likeness (QED) is 0.158. The zero-order chi connectivity index (χ0) is 41.7. The molecule has 0 bridgehead atoms. The number of hydrogen-bond donors (Lipinski definition) is 0. The maximum absolute atomic E-state index is 5.30. The van der Waals surface area contributed by atoms with Crippen LogP contribution >= 0.6 is 0 Å². The molecule has 0 N–H and O–H groups in total. The number of benzene rings is 9. The number of fused-ring (bicyclic) bond motifs is 8. The molecule has 0 saturated heterocycles. The van der Waals surface area contributed by atoms with E-state index in [1.54, 1.807) is 0 Å². The van der Waals surface area contributed by atoms with Gasteiger partial charge in [0.2, 0.25) is 0 Å². The molecule has 0 amide bonds. The molecular weight excluding hydrogens is 747 g/mol. The summed E-state index contributed by atoms with van der Waals surface area (Å²) < 4.78 is 0. The van der Waals surface area contributed by atoms with Gasteiger partial charge in [-0.15, -0.1) is 0 Å². The second-order valence-electron chi connectivity index (χ2n) is 18.3. The first kappa shape index (κ1) is 36.5. The molecule has 1 heteroatoms. The van der Waals surface area contributed by atoms with Crippen LogP contribution in [-0.4, -0.2) is 4.98 Å². The maximum atomic E-state index is 5.30. The number of rotatable bonds is 5. The fraction of sp³-hybridized carbons (Fsp3) is 0.0984. The molecule has 10 aromatic rings. The van der Waals surface area contributed by atoms with E-state index in [1.807, 2.05) is 0 Å². The van der Waals surface area contributed by atoms with Crippen LogP contribution in [0.3, 0.4) is 0 Å². The molecule has 0 radical (unpaired) electrons. The van der Waals surface area contributed by atoms with Crippen molar-refractivity contribution in [3.8, 4) is 78.1 Å². The fourth-order valence-corrected chi connectivity index (χ4v) is 10.9. The normalized spacial score (nSPS) is 14.1. The first-order valence-corrected chi connectivity index (χ1v) is 21.9. The third-order valence-electron chi connectivity index (χ3n) is 14.1. The lowest BCUT2D eigenvalue weighted by Gasteiger charge is -2.23. The maximum Gasteiger partial charge on any atom is 0.0715 e. The highest BCUT2D eigenvalue weighted by Gasteiger charge is 2.37. The molecule has 1 nitrogen and oxygen atoms in total. The lowest BCUT2D eigenvalue weighted by atomic mass is 9.80. The van der Waals surface area contributed by atoms with Crippen LogP contribution in [0, 0.1) is 0 Å². The Morgan fingerprint density at radius 1 is 0.274 bits per heavy atom. The van der Waals surface area contributed by atoms with E-state index in [9.17, 15) is 0 Å². The molecule has 1 aromatic heterocycles. The summed E-state index contributed by atoms with van der Waals surface area (Å²) in [5, 5.41) is 4.93. The molecule has 294 valence electrons. The molecule has 12 rings (SSSR count). The summed E-state index contributed by atoms with van der Waals surface area (Å²) in [5.74, 6) is 0. The molecule has 0 spiro atoms. The van der Waals surface area contributed by atoms with E-state index in [0.717, 1.165) is 28.1 Å². The average Bonchev–Trinajstić information content (AvgIpc) is 3.69. The molecule has 9 aromatic carbocycles. The van der Waals surface area contributed by atoms with E-state index in [0.29, 0.717) is 0 Å². The third-order valence-corrected chi connectivity index (χ3v) is 14.1. The predicted octanol–water partition coefficient (Wildman–Crippen LogP) is 16.3. The van der Waals surface area contributed by atoms with Crippen molar-refractivity contribution in [2.24, 2.45) is 0 Å². The van der Waals surface area contributed by atoms with E-state index in [2.05, 4.69) is 228 Å². The number of pyridine rings is 1. The van der Waals surface area contributed by atoms with E-state index < -0.39 is 0 Å². The van der Waals surface area contributed by atoms with Crippen LogP contribution in [0.1, 0.15) is 49.9 Å². The van der Waals surface area contributed by atoms with Gasteiger partial charge in [0.15, 0.2) is 0 Å². The molecule has 0 aliphatic heterocycles. The summed E-state index contributed by atoms with van der Waals surface area (Å²) in [6.07, 6.45) is 0. The molecule has 1 heterocycles. The molecule has 0 fully saturated rings. The van der Waals surface area contributed by atoms with Gasteiger partial charge in [-0.25, -0.2) is 4.98 Å². The van der Waals surface area contributed by atoms with Gasteiger partial charge >= 0.3 is 0 Å². The van der Waals surface area contributed by atoms with Gasteiger partial charge in [-0.3, -0.25) is 0 Å². The summed E-state index contributed by atoms with van der Waals surface area (Å²) >= 11 is 0. The molecule has 0 atom stereocenters. The molecule has 2 aliphatic rings. The Morgan fingerprint density at radius 3 is 1.37 bits per heavy atom. The monoisotopic (exact) mass is 791 g/mol. The SMILES string of the molecule is CC1(C)c2ccccc2-c2cc(-c3c4ccccc4c(-c4cc(-c5ccccc5)nc(-c5ccccc5)c4)c4ccc(-c5ccc6c(c5)C(C)(C)c5ccccc5-6)cc34)ccc21. The molecular formula is C61H45N. The smallest absolute Gasteiger partial charge is 0.0715 e. The topological polar surface area (TPSA) is 12.9 Å². The average molecular weight is 792 g/mol. The molecule has 62 heavy (non-hydrogen) atoms. The van der Waals surface area contributed by atoms with Crippen molar-refractivity contribution in [2.45, 2.75) is 38.5 Å². The summed E-state index contributed by atoms with van der Waals surface area (Å²) in [5.41, 5.74) is 22.2. The highest BCUT2D eigenvalue weighted by molar-refractivity contribution is 6.22. The van der Waals surface area contributed by atoms with E-state index in [-0.39, 0.29) is 10.8 Å². The third kappa shape index (κ3) is 5.44. The van der Waals surface area contributed by atoms with E-state index >= 15 is 0 Å². The number of hydrogen-bond acceptors (Lipinski definition) is 1. The Hall–Kier alpha value is -7.35. The summed E-state index contributed by atoms with van der Waals surface area (Å²) in [4.78, 5) is 5.30. The second-order valence-corrected chi connectivity index (χ2v) is 18.3. The van der Waals surface area contributed by atoms with Crippen molar-refractivity contribution in [2.75, 3.05) is 0 Å². The minimum atomic E-state index is -0.0872. The largest absolute Gasteiger partial charge is 0.248 e. The first-order valence-electron chi connectivity index (χ1n) is 21.9. The predicted molar refractivity (Wildman–Crippen MR) is 262 cm³/mol. The minimum Gasteiger partial charge on any atom is -0.248 e. The molecule has 0 unspecified atom stereocenters. The van der Waals surface area contributed by atoms with Gasteiger partial charge in [0.05, 0.1) is 11.4 Å². The van der Waals surface area contributed by atoms with Crippen LogP contribution in [0.4, 0.5) is 0 Å². The minimum absolute atomic E-state index is 0.0686. The van der Waals surface area contributed by atoms with Crippen LogP contribution in [0.25, 0.3) is 99.7 Å². The second kappa shape index (κ2) is 13.6. The van der Waals surface area contributed by atoms with Gasteiger partial charge < -0.3 is 0 Å². The van der Waals surface area contributed by atoms with Crippen LogP contribution in [0.5, 0.6) is 0 Å². The molecule has 0 saturated carbocycles. The van der Waals surface area contributed by atoms with Crippen LogP contribution < -0.4 is 0 Å². The van der Waals surface area contributed by atoms with Gasteiger partial charge in [-0.05, 0) is 130 Å². The van der Waals surface area contributed by atoms with Crippen molar-refractivity contribution < 1.29 is 0 Å². The van der Waals surface area contributed by atoms with Gasteiger partial charge in [-0.2, -0.15) is 0 Å². The number of aromatic nitrogens is 1. The van der Waals surface area contributed by atoms with E-state index in [1.165, 1.54) is 93.9 Å². The zero-order valence-electron chi connectivity index (χ0n) is 35.5. The Bertz CT molecular complexity index is 3390. The van der Waals surface area contributed by atoms with Gasteiger partial charge in [0.1, 0.15) is 0 Å². The highest BCUT2D eigenvalue weighted by Crippen LogP contribution is 2.53. The lowest BCUT2D eigenvalue weighted by molar-refractivity contribution is 0.660. The van der Waals surface area contributed by atoms with Crippen molar-refractivity contribution in [1.82, 2.24) is 4.98 Å². The summed E-state index contributed by atoms with van der Waals surface area (Å²) in [6, 6.07) is 74.3. The van der Waals surface area contributed by atoms with Gasteiger partial charge in [-0.1, -0.05) is 198 Å². The van der Waals surface area contributed by atoms with Crippen molar-refractivity contribution in [1.29, 1.82) is 0 Å². The van der Waals surface area contributed by atoms with Gasteiger partial charge in [0.25, 0.3) is 0 Å². The van der Waals surface area contributed by atoms with Crippen LogP contribution in [0.15, 0.2) is 200 Å².